The Morgan fingerprint density at radius 3 is 2.53 bits per heavy atom. The number of piperidine rings is 1. The van der Waals surface area contributed by atoms with Crippen molar-refractivity contribution in [1.82, 2.24) is 9.47 Å². The Hall–Kier alpha value is -2.81. The van der Waals surface area contributed by atoms with Crippen LogP contribution in [0.5, 0.6) is 5.75 Å². The highest BCUT2D eigenvalue weighted by molar-refractivity contribution is 7.92. The fourth-order valence-corrected chi connectivity index (χ4v) is 4.61. The number of methoxy groups -OCH3 is 1. The van der Waals surface area contributed by atoms with Crippen LogP contribution in [-0.4, -0.2) is 44.0 Å². The van der Waals surface area contributed by atoms with E-state index in [4.69, 9.17) is 4.74 Å². The van der Waals surface area contributed by atoms with Crippen molar-refractivity contribution in [3.8, 4) is 5.75 Å². The number of benzene rings is 1. The summed E-state index contributed by atoms with van der Waals surface area (Å²) in [5.41, 5.74) is -0.0625. The topological polar surface area (TPSA) is 97.7 Å². The highest BCUT2D eigenvalue weighted by Crippen LogP contribution is 2.19. The summed E-state index contributed by atoms with van der Waals surface area (Å²) in [6.07, 6.45) is 2.04. The maximum atomic E-state index is 12.9. The zero-order valence-corrected chi connectivity index (χ0v) is 18.2. The van der Waals surface area contributed by atoms with Gasteiger partial charge in [-0.25, -0.2) is 8.42 Å². The van der Waals surface area contributed by atoms with E-state index >= 15 is 0 Å². The minimum Gasteiger partial charge on any atom is -0.497 e. The van der Waals surface area contributed by atoms with Crippen LogP contribution in [0.1, 0.15) is 25.5 Å². The first-order valence-corrected chi connectivity index (χ1v) is 11.3. The molecule has 2 heterocycles. The van der Waals surface area contributed by atoms with Gasteiger partial charge in [0.05, 0.1) is 12.0 Å². The Morgan fingerprint density at radius 1 is 1.20 bits per heavy atom. The van der Waals surface area contributed by atoms with Gasteiger partial charge in [0, 0.05) is 18.8 Å². The largest absolute Gasteiger partial charge is 0.497 e. The number of ether oxygens (including phenoxy) is 1. The summed E-state index contributed by atoms with van der Waals surface area (Å²) >= 11 is 0. The Labute approximate surface area is 176 Å². The lowest BCUT2D eigenvalue weighted by Crippen LogP contribution is -2.42. The molecule has 0 bridgehead atoms. The molecule has 0 radical (unpaired) electrons. The molecule has 1 aromatic carbocycles. The molecular formula is C21H27N3O5S. The number of hydrogen-bond acceptors (Lipinski definition) is 5. The maximum Gasteiger partial charge on any atom is 0.275 e. The SMILES string of the molecule is COc1ccc(S(=O)(=O)Nc2ccc(C)n(CC(=O)N3CCC[C@H](C)C3)c2=O)cc1. The first-order valence-electron chi connectivity index (χ1n) is 9.86. The van der Waals surface area contributed by atoms with Gasteiger partial charge in [-0.15, -0.1) is 0 Å². The minimum atomic E-state index is -3.96. The van der Waals surface area contributed by atoms with Gasteiger partial charge in [0.2, 0.25) is 5.91 Å². The number of anilines is 1. The number of amides is 1. The third-order valence-electron chi connectivity index (χ3n) is 5.31. The zero-order valence-electron chi connectivity index (χ0n) is 17.4. The second-order valence-corrected chi connectivity index (χ2v) is 9.33. The summed E-state index contributed by atoms with van der Waals surface area (Å²) in [7, 11) is -2.47. The van der Waals surface area contributed by atoms with Crippen LogP contribution >= 0.6 is 0 Å². The Morgan fingerprint density at radius 2 is 1.90 bits per heavy atom. The molecule has 30 heavy (non-hydrogen) atoms. The van der Waals surface area contributed by atoms with Gasteiger partial charge < -0.3 is 14.2 Å². The van der Waals surface area contributed by atoms with Crippen LogP contribution in [0.4, 0.5) is 5.69 Å². The van der Waals surface area contributed by atoms with Gasteiger partial charge in [0.25, 0.3) is 15.6 Å². The van der Waals surface area contributed by atoms with Crippen LogP contribution in [0.3, 0.4) is 0 Å². The molecule has 162 valence electrons. The van der Waals surface area contributed by atoms with E-state index in [-0.39, 0.29) is 23.0 Å². The molecular weight excluding hydrogens is 406 g/mol. The molecule has 8 nitrogen and oxygen atoms in total. The number of nitrogens with zero attached hydrogens (tertiary/aromatic N) is 2. The fraction of sp³-hybridized carbons (Fsp3) is 0.429. The number of carbonyl (C=O) groups is 1. The zero-order chi connectivity index (χ0) is 21.9. The number of carbonyl (C=O) groups excluding carboxylic acids is 1. The summed E-state index contributed by atoms with van der Waals surface area (Å²) in [5, 5.41) is 0. The van der Waals surface area contributed by atoms with E-state index in [0.717, 1.165) is 12.8 Å². The molecule has 1 aliphatic heterocycles. The predicted molar refractivity (Wildman–Crippen MR) is 114 cm³/mol. The van der Waals surface area contributed by atoms with Crippen LogP contribution in [0.25, 0.3) is 0 Å². The lowest BCUT2D eigenvalue weighted by atomic mass is 10.0. The van der Waals surface area contributed by atoms with Gasteiger partial charge in [0.15, 0.2) is 0 Å². The highest BCUT2D eigenvalue weighted by atomic mass is 32.2. The molecule has 1 aliphatic rings. The van der Waals surface area contributed by atoms with E-state index in [0.29, 0.717) is 30.5 Å². The average Bonchev–Trinajstić information content (AvgIpc) is 2.73. The number of hydrogen-bond donors (Lipinski definition) is 1. The standard InChI is InChI=1S/C21H27N3O5S/c1-15-5-4-12-23(13-15)20(25)14-24-16(2)6-11-19(21(24)26)22-30(27,28)18-9-7-17(29-3)8-10-18/h6-11,15,22H,4-5,12-14H2,1-3H3/t15-/m0/s1. The summed E-state index contributed by atoms with van der Waals surface area (Å²) < 4.78 is 34.1. The molecule has 1 saturated heterocycles. The van der Waals surface area contributed by atoms with Crippen LogP contribution in [0.15, 0.2) is 46.1 Å². The predicted octanol–water partition coefficient (Wildman–Crippen LogP) is 2.22. The Balaban J connectivity index is 1.83. The van der Waals surface area contributed by atoms with Gasteiger partial charge in [-0.1, -0.05) is 6.92 Å². The van der Waals surface area contributed by atoms with Crippen LogP contribution in [0, 0.1) is 12.8 Å². The molecule has 0 aliphatic carbocycles. The van der Waals surface area contributed by atoms with Crippen molar-refractivity contribution in [3.05, 3.63) is 52.4 Å². The third kappa shape index (κ3) is 4.84. The summed E-state index contributed by atoms with van der Waals surface area (Å²) in [6.45, 7) is 5.06. The molecule has 1 aromatic heterocycles. The molecule has 0 spiro atoms. The van der Waals surface area contributed by atoms with Gasteiger partial charge in [-0.05, 0) is 62.1 Å². The molecule has 0 saturated carbocycles. The van der Waals surface area contributed by atoms with Gasteiger partial charge in [-0.2, -0.15) is 0 Å². The quantitative estimate of drug-likeness (QED) is 0.753. The van der Waals surface area contributed by atoms with Crippen molar-refractivity contribution in [2.45, 2.75) is 38.1 Å². The van der Waals surface area contributed by atoms with Crippen molar-refractivity contribution >= 4 is 21.6 Å². The maximum absolute atomic E-state index is 12.9. The third-order valence-corrected chi connectivity index (χ3v) is 6.69. The van der Waals surface area contributed by atoms with Gasteiger partial charge in [0.1, 0.15) is 18.0 Å². The van der Waals surface area contributed by atoms with E-state index < -0.39 is 15.6 Å². The van der Waals surface area contributed by atoms with Crippen molar-refractivity contribution < 1.29 is 17.9 Å². The van der Waals surface area contributed by atoms with Crippen molar-refractivity contribution in [1.29, 1.82) is 0 Å². The highest BCUT2D eigenvalue weighted by Gasteiger charge is 2.23. The number of pyridine rings is 1. The van der Waals surface area contributed by atoms with Crippen LogP contribution in [0.2, 0.25) is 0 Å². The molecule has 0 unspecified atom stereocenters. The second kappa shape index (κ2) is 8.91. The molecule has 9 heteroatoms. The van der Waals surface area contributed by atoms with Crippen molar-refractivity contribution in [2.24, 2.45) is 5.92 Å². The molecule has 1 amide bonds. The normalized spacial score (nSPS) is 16.9. The van der Waals surface area contributed by atoms with E-state index in [1.807, 2.05) is 0 Å². The van der Waals surface area contributed by atoms with E-state index in [2.05, 4.69) is 11.6 Å². The number of aromatic nitrogens is 1. The van der Waals surface area contributed by atoms with E-state index in [1.54, 1.807) is 17.9 Å². The lowest BCUT2D eigenvalue weighted by molar-refractivity contribution is -0.133. The average molecular weight is 434 g/mol. The monoisotopic (exact) mass is 433 g/mol. The van der Waals surface area contributed by atoms with Crippen LogP contribution < -0.4 is 15.0 Å². The van der Waals surface area contributed by atoms with Crippen molar-refractivity contribution in [2.75, 3.05) is 24.9 Å². The molecule has 1 fully saturated rings. The number of aryl methyl sites for hydroxylation is 1. The van der Waals surface area contributed by atoms with Gasteiger partial charge in [-0.3, -0.25) is 14.3 Å². The van der Waals surface area contributed by atoms with E-state index in [9.17, 15) is 18.0 Å². The molecule has 2 aromatic rings. The summed E-state index contributed by atoms with van der Waals surface area (Å²) in [6, 6.07) is 8.90. The number of nitrogens with one attached hydrogen (secondary N) is 1. The second-order valence-electron chi connectivity index (χ2n) is 7.65. The number of likely N-dealkylation sites (tertiary alicyclic amines) is 1. The van der Waals surface area contributed by atoms with Gasteiger partial charge >= 0.3 is 0 Å². The first kappa shape index (κ1) is 21.9. The number of sulfonamides is 1. The van der Waals surface area contributed by atoms with E-state index in [1.165, 1.54) is 42.0 Å². The smallest absolute Gasteiger partial charge is 0.275 e. The first-order chi connectivity index (χ1) is 14.2. The summed E-state index contributed by atoms with van der Waals surface area (Å²) in [5.74, 6) is 0.822. The fourth-order valence-electron chi connectivity index (χ4n) is 3.55. The Kier molecular flexibility index (Phi) is 6.50. The lowest BCUT2D eigenvalue weighted by Gasteiger charge is -2.31. The number of rotatable bonds is 6. The Bertz CT molecular complexity index is 1080. The molecule has 3 rings (SSSR count). The molecule has 1 atom stereocenters. The van der Waals surface area contributed by atoms with Crippen molar-refractivity contribution in [3.63, 3.8) is 0 Å². The molecule has 1 N–H and O–H groups in total. The summed E-state index contributed by atoms with van der Waals surface area (Å²) in [4.78, 5) is 27.4. The minimum absolute atomic E-state index is 0.00760. The van der Waals surface area contributed by atoms with Crippen LogP contribution in [-0.2, 0) is 21.4 Å².